The van der Waals surface area contributed by atoms with Crippen molar-refractivity contribution in [3.05, 3.63) is 35.1 Å². The lowest BCUT2D eigenvalue weighted by molar-refractivity contribution is -0.0896. The SMILES string of the molecule is CC1(C)OC(c2ccc(F)c(C=O)c2)OC1(C)C. The van der Waals surface area contributed by atoms with Gasteiger partial charge in [-0.1, -0.05) is 6.07 Å². The molecule has 0 saturated carbocycles. The van der Waals surface area contributed by atoms with Crippen molar-refractivity contribution < 1.29 is 18.7 Å². The zero-order chi connectivity index (χ0) is 13.6. The first kappa shape index (κ1) is 13.2. The van der Waals surface area contributed by atoms with Crippen LogP contribution in [0.1, 0.15) is 49.9 Å². The second-order valence-electron chi connectivity index (χ2n) is 5.49. The van der Waals surface area contributed by atoms with Crippen LogP contribution in [-0.4, -0.2) is 17.5 Å². The molecule has 98 valence electrons. The summed E-state index contributed by atoms with van der Waals surface area (Å²) in [6.45, 7) is 7.77. The molecule has 2 rings (SSSR count). The van der Waals surface area contributed by atoms with Gasteiger partial charge in [-0.05, 0) is 39.8 Å². The Morgan fingerprint density at radius 1 is 1.17 bits per heavy atom. The molecule has 0 atom stereocenters. The molecule has 0 spiro atoms. The zero-order valence-corrected chi connectivity index (χ0v) is 11.0. The lowest BCUT2D eigenvalue weighted by Gasteiger charge is -2.30. The molecule has 1 aliphatic rings. The van der Waals surface area contributed by atoms with Gasteiger partial charge in [0, 0.05) is 5.56 Å². The third kappa shape index (κ3) is 2.06. The number of benzene rings is 1. The first-order valence-electron chi connectivity index (χ1n) is 5.87. The highest BCUT2D eigenvalue weighted by Crippen LogP contribution is 2.44. The van der Waals surface area contributed by atoms with Crippen molar-refractivity contribution in [2.24, 2.45) is 0 Å². The third-order valence-electron chi connectivity index (χ3n) is 3.67. The summed E-state index contributed by atoms with van der Waals surface area (Å²) >= 11 is 0. The van der Waals surface area contributed by atoms with E-state index in [1.54, 1.807) is 6.07 Å². The highest BCUT2D eigenvalue weighted by Gasteiger charge is 2.49. The lowest BCUT2D eigenvalue weighted by atomic mass is 9.90. The molecule has 18 heavy (non-hydrogen) atoms. The summed E-state index contributed by atoms with van der Waals surface area (Å²) in [5, 5.41) is 0. The molecule has 0 aliphatic carbocycles. The fourth-order valence-corrected chi connectivity index (χ4v) is 1.78. The Morgan fingerprint density at radius 2 is 1.72 bits per heavy atom. The Kier molecular flexibility index (Phi) is 3.03. The molecule has 1 aromatic carbocycles. The third-order valence-corrected chi connectivity index (χ3v) is 3.67. The van der Waals surface area contributed by atoms with Crippen LogP contribution in [0.15, 0.2) is 18.2 Å². The lowest BCUT2D eigenvalue weighted by Crippen LogP contribution is -2.41. The van der Waals surface area contributed by atoms with Gasteiger partial charge in [-0.3, -0.25) is 4.79 Å². The van der Waals surface area contributed by atoms with Gasteiger partial charge in [0.1, 0.15) is 5.82 Å². The number of hydrogen-bond donors (Lipinski definition) is 0. The number of carbonyl (C=O) groups excluding carboxylic acids is 1. The van der Waals surface area contributed by atoms with Gasteiger partial charge in [0.15, 0.2) is 12.6 Å². The van der Waals surface area contributed by atoms with Crippen molar-refractivity contribution >= 4 is 6.29 Å². The van der Waals surface area contributed by atoms with Crippen molar-refractivity contribution in [1.82, 2.24) is 0 Å². The van der Waals surface area contributed by atoms with Crippen molar-refractivity contribution in [2.45, 2.75) is 45.2 Å². The van der Waals surface area contributed by atoms with Crippen molar-refractivity contribution in [3.63, 3.8) is 0 Å². The van der Waals surface area contributed by atoms with Gasteiger partial charge in [-0.2, -0.15) is 0 Å². The standard InChI is InChI=1S/C14H17FO3/c1-13(2)14(3,4)18-12(17-13)9-5-6-11(15)10(7-9)8-16/h5-8,12H,1-4H3. The summed E-state index contributed by atoms with van der Waals surface area (Å²) in [4.78, 5) is 10.7. The number of halogens is 1. The largest absolute Gasteiger partial charge is 0.339 e. The Labute approximate surface area is 106 Å². The molecule has 3 nitrogen and oxygen atoms in total. The fraction of sp³-hybridized carbons (Fsp3) is 0.500. The van der Waals surface area contributed by atoms with Gasteiger partial charge in [0.2, 0.25) is 0 Å². The summed E-state index contributed by atoms with van der Waals surface area (Å²) in [5.74, 6) is -0.537. The molecule has 0 N–H and O–H groups in total. The molecule has 1 fully saturated rings. The Hall–Kier alpha value is -1.26. The zero-order valence-electron chi connectivity index (χ0n) is 11.0. The minimum Gasteiger partial charge on any atom is -0.339 e. The van der Waals surface area contributed by atoms with Crippen LogP contribution in [0.4, 0.5) is 4.39 Å². The number of hydrogen-bond acceptors (Lipinski definition) is 3. The normalized spacial score (nSPS) is 22.1. The first-order valence-corrected chi connectivity index (χ1v) is 5.87. The van der Waals surface area contributed by atoms with Gasteiger partial charge in [0.05, 0.1) is 16.8 Å². The number of ether oxygens (including phenoxy) is 2. The predicted molar refractivity (Wildman–Crippen MR) is 64.9 cm³/mol. The number of aldehydes is 1. The van der Waals surface area contributed by atoms with E-state index in [9.17, 15) is 9.18 Å². The topological polar surface area (TPSA) is 35.5 Å². The van der Waals surface area contributed by atoms with E-state index in [4.69, 9.17) is 9.47 Å². The summed E-state index contributed by atoms with van der Waals surface area (Å²) in [6, 6.07) is 4.29. The first-order chi connectivity index (χ1) is 8.27. The molecule has 4 heteroatoms. The summed E-state index contributed by atoms with van der Waals surface area (Å²) in [6.07, 6.45) is -0.0846. The van der Waals surface area contributed by atoms with Crippen LogP contribution in [0, 0.1) is 5.82 Å². The number of rotatable bonds is 2. The number of carbonyl (C=O) groups is 1. The van der Waals surface area contributed by atoms with Crippen molar-refractivity contribution in [2.75, 3.05) is 0 Å². The summed E-state index contributed by atoms with van der Waals surface area (Å²) in [5.41, 5.74) is -0.236. The van der Waals surface area contributed by atoms with E-state index < -0.39 is 23.3 Å². The van der Waals surface area contributed by atoms with E-state index in [-0.39, 0.29) is 5.56 Å². The average Bonchev–Trinajstić information content (AvgIpc) is 2.49. The van der Waals surface area contributed by atoms with Crippen LogP contribution in [-0.2, 0) is 9.47 Å². The van der Waals surface area contributed by atoms with Crippen LogP contribution in [0.25, 0.3) is 0 Å². The smallest absolute Gasteiger partial charge is 0.185 e. The van der Waals surface area contributed by atoms with Crippen LogP contribution < -0.4 is 0 Å². The predicted octanol–water partition coefficient (Wildman–Crippen LogP) is 3.24. The quantitative estimate of drug-likeness (QED) is 0.758. The van der Waals surface area contributed by atoms with E-state index in [1.807, 2.05) is 27.7 Å². The van der Waals surface area contributed by atoms with Crippen LogP contribution in [0.5, 0.6) is 0 Å². The molecule has 1 aromatic rings. The van der Waals surface area contributed by atoms with E-state index in [0.29, 0.717) is 11.8 Å². The maximum absolute atomic E-state index is 13.2. The minimum atomic E-state index is -0.575. The van der Waals surface area contributed by atoms with Crippen molar-refractivity contribution in [1.29, 1.82) is 0 Å². The average molecular weight is 252 g/mol. The molecule has 1 aliphatic heterocycles. The minimum absolute atomic E-state index is 0.0159. The maximum atomic E-state index is 13.2. The van der Waals surface area contributed by atoms with Crippen molar-refractivity contribution in [3.8, 4) is 0 Å². The van der Waals surface area contributed by atoms with E-state index in [0.717, 1.165) is 0 Å². The van der Waals surface area contributed by atoms with E-state index >= 15 is 0 Å². The molecule has 0 aromatic heterocycles. The molecular formula is C14H17FO3. The van der Waals surface area contributed by atoms with E-state index in [1.165, 1.54) is 12.1 Å². The van der Waals surface area contributed by atoms with Crippen LogP contribution in [0.2, 0.25) is 0 Å². The van der Waals surface area contributed by atoms with Gasteiger partial charge < -0.3 is 9.47 Å². The highest BCUT2D eigenvalue weighted by atomic mass is 19.1. The second-order valence-corrected chi connectivity index (χ2v) is 5.49. The molecule has 0 bridgehead atoms. The molecule has 1 saturated heterocycles. The Morgan fingerprint density at radius 3 is 2.22 bits per heavy atom. The summed E-state index contributed by atoms with van der Waals surface area (Å²) in [7, 11) is 0. The Bertz CT molecular complexity index is 464. The van der Waals surface area contributed by atoms with E-state index in [2.05, 4.69) is 0 Å². The molecule has 1 heterocycles. The second kappa shape index (κ2) is 4.14. The fourth-order valence-electron chi connectivity index (χ4n) is 1.78. The van der Waals surface area contributed by atoms with Gasteiger partial charge in [-0.15, -0.1) is 0 Å². The molecule has 0 radical (unpaired) electrons. The monoisotopic (exact) mass is 252 g/mol. The van der Waals surface area contributed by atoms with Gasteiger partial charge >= 0.3 is 0 Å². The Balaban J connectivity index is 2.32. The maximum Gasteiger partial charge on any atom is 0.185 e. The molecular weight excluding hydrogens is 235 g/mol. The van der Waals surface area contributed by atoms with Gasteiger partial charge in [0.25, 0.3) is 0 Å². The summed E-state index contributed by atoms with van der Waals surface area (Å²) < 4.78 is 24.9. The highest BCUT2D eigenvalue weighted by molar-refractivity contribution is 5.75. The molecule has 0 unspecified atom stereocenters. The van der Waals surface area contributed by atoms with Crippen LogP contribution >= 0.6 is 0 Å². The van der Waals surface area contributed by atoms with Crippen LogP contribution in [0.3, 0.4) is 0 Å². The van der Waals surface area contributed by atoms with Gasteiger partial charge in [-0.25, -0.2) is 4.39 Å². The molecule has 0 amide bonds.